The highest BCUT2D eigenvalue weighted by Crippen LogP contribution is 2.16. The zero-order valence-corrected chi connectivity index (χ0v) is 10.9. The Balaban J connectivity index is 1.97. The highest BCUT2D eigenvalue weighted by molar-refractivity contribution is 8.13. The summed E-state index contributed by atoms with van der Waals surface area (Å²) in [5.74, 6) is 6.80. The van der Waals surface area contributed by atoms with Crippen molar-refractivity contribution in [1.29, 1.82) is 0 Å². The SMILES string of the molecule is CC(=O)SCCC#Cc1ccc2c(c1)CNC2=O. The van der Waals surface area contributed by atoms with E-state index in [0.717, 1.165) is 22.4 Å². The largest absolute Gasteiger partial charge is 0.348 e. The summed E-state index contributed by atoms with van der Waals surface area (Å²) in [4.78, 5) is 22.1. The predicted molar refractivity (Wildman–Crippen MR) is 72.2 cm³/mol. The van der Waals surface area contributed by atoms with Gasteiger partial charge in [-0.15, -0.1) is 0 Å². The van der Waals surface area contributed by atoms with E-state index in [1.165, 1.54) is 11.8 Å². The molecule has 1 aliphatic rings. The fourth-order valence-corrected chi connectivity index (χ4v) is 2.21. The third-order valence-electron chi connectivity index (χ3n) is 2.55. The Morgan fingerprint density at radius 3 is 3.11 bits per heavy atom. The van der Waals surface area contributed by atoms with Crippen LogP contribution in [0.3, 0.4) is 0 Å². The average Bonchev–Trinajstić information content (AvgIpc) is 2.70. The molecule has 0 aromatic heterocycles. The first-order chi connectivity index (χ1) is 8.66. The van der Waals surface area contributed by atoms with Crippen molar-refractivity contribution in [2.24, 2.45) is 0 Å². The van der Waals surface area contributed by atoms with E-state index >= 15 is 0 Å². The maximum Gasteiger partial charge on any atom is 0.251 e. The molecule has 4 heteroatoms. The lowest BCUT2D eigenvalue weighted by atomic mass is 10.1. The van der Waals surface area contributed by atoms with Crippen molar-refractivity contribution in [1.82, 2.24) is 5.32 Å². The number of hydrogen-bond donors (Lipinski definition) is 1. The van der Waals surface area contributed by atoms with Gasteiger partial charge in [0.1, 0.15) is 0 Å². The van der Waals surface area contributed by atoms with Gasteiger partial charge in [-0.2, -0.15) is 0 Å². The van der Waals surface area contributed by atoms with Gasteiger partial charge in [-0.25, -0.2) is 0 Å². The van der Waals surface area contributed by atoms with Gasteiger partial charge in [0.15, 0.2) is 5.12 Å². The van der Waals surface area contributed by atoms with E-state index in [4.69, 9.17) is 0 Å². The van der Waals surface area contributed by atoms with Crippen LogP contribution in [-0.4, -0.2) is 16.8 Å². The van der Waals surface area contributed by atoms with E-state index in [0.29, 0.717) is 13.0 Å². The van der Waals surface area contributed by atoms with Crippen molar-refractivity contribution in [3.63, 3.8) is 0 Å². The third kappa shape index (κ3) is 3.14. The Hall–Kier alpha value is -1.73. The Morgan fingerprint density at radius 2 is 2.33 bits per heavy atom. The molecular weight excluding hydrogens is 246 g/mol. The maximum atomic E-state index is 11.4. The maximum absolute atomic E-state index is 11.4. The topological polar surface area (TPSA) is 46.2 Å². The molecule has 1 aromatic rings. The predicted octanol–water partition coefficient (Wildman–Crippen LogP) is 1.95. The molecule has 1 aliphatic heterocycles. The molecular formula is C14H13NO2S. The summed E-state index contributed by atoms with van der Waals surface area (Å²) in [6.45, 7) is 2.15. The Morgan fingerprint density at radius 1 is 1.50 bits per heavy atom. The van der Waals surface area contributed by atoms with Crippen LogP contribution in [0.4, 0.5) is 0 Å². The normalized spacial score (nSPS) is 12.4. The van der Waals surface area contributed by atoms with Crippen molar-refractivity contribution in [3.8, 4) is 11.8 Å². The molecule has 1 aromatic carbocycles. The number of carbonyl (C=O) groups excluding carboxylic acids is 2. The van der Waals surface area contributed by atoms with Crippen LogP contribution in [-0.2, 0) is 11.3 Å². The molecule has 1 heterocycles. The van der Waals surface area contributed by atoms with Gasteiger partial charge in [-0.1, -0.05) is 23.6 Å². The zero-order valence-electron chi connectivity index (χ0n) is 10.1. The van der Waals surface area contributed by atoms with Crippen molar-refractivity contribution in [2.45, 2.75) is 19.9 Å². The van der Waals surface area contributed by atoms with Gasteiger partial charge in [0.05, 0.1) is 0 Å². The lowest BCUT2D eigenvalue weighted by molar-refractivity contribution is -0.109. The summed E-state index contributed by atoms with van der Waals surface area (Å²) in [7, 11) is 0. The van der Waals surface area contributed by atoms with Crippen LogP contribution in [0.5, 0.6) is 0 Å². The summed E-state index contributed by atoms with van der Waals surface area (Å²) in [6, 6.07) is 5.61. The minimum atomic E-state index is -0.0117. The molecule has 0 saturated carbocycles. The molecule has 0 atom stereocenters. The molecule has 0 bridgehead atoms. The van der Waals surface area contributed by atoms with Gasteiger partial charge < -0.3 is 5.32 Å². The number of fused-ring (bicyclic) bond motifs is 1. The van der Waals surface area contributed by atoms with Gasteiger partial charge in [0.2, 0.25) is 0 Å². The summed E-state index contributed by atoms with van der Waals surface area (Å²) in [5, 5.41) is 2.90. The van der Waals surface area contributed by atoms with Crippen LogP contribution in [0.25, 0.3) is 0 Å². The second-order valence-corrected chi connectivity index (χ2v) is 5.22. The number of rotatable bonds is 2. The van der Waals surface area contributed by atoms with Crippen LogP contribution in [0.2, 0.25) is 0 Å². The lowest BCUT2D eigenvalue weighted by Gasteiger charge is -1.96. The number of carbonyl (C=O) groups is 2. The van der Waals surface area contributed by atoms with Crippen molar-refractivity contribution >= 4 is 22.8 Å². The van der Waals surface area contributed by atoms with E-state index < -0.39 is 0 Å². The highest BCUT2D eigenvalue weighted by atomic mass is 32.2. The first-order valence-electron chi connectivity index (χ1n) is 5.70. The molecule has 0 unspecified atom stereocenters. The van der Waals surface area contributed by atoms with Crippen molar-refractivity contribution < 1.29 is 9.59 Å². The van der Waals surface area contributed by atoms with Gasteiger partial charge in [-0.05, 0) is 23.8 Å². The minimum absolute atomic E-state index is 0.0117. The summed E-state index contributed by atoms with van der Waals surface area (Å²) in [6.07, 6.45) is 0.693. The van der Waals surface area contributed by atoms with E-state index in [-0.39, 0.29) is 11.0 Å². The van der Waals surface area contributed by atoms with Crippen LogP contribution in [0.15, 0.2) is 18.2 Å². The Labute approximate surface area is 110 Å². The number of nitrogens with one attached hydrogen (secondary N) is 1. The third-order valence-corrected chi connectivity index (χ3v) is 3.37. The molecule has 92 valence electrons. The van der Waals surface area contributed by atoms with Gasteiger partial charge in [-0.3, -0.25) is 9.59 Å². The average molecular weight is 259 g/mol. The molecule has 0 radical (unpaired) electrons. The van der Waals surface area contributed by atoms with E-state index in [1.807, 2.05) is 18.2 Å². The molecule has 18 heavy (non-hydrogen) atoms. The monoisotopic (exact) mass is 259 g/mol. The Kier molecular flexibility index (Phi) is 4.06. The molecule has 2 rings (SSSR count). The molecule has 3 nitrogen and oxygen atoms in total. The van der Waals surface area contributed by atoms with E-state index in [9.17, 15) is 9.59 Å². The molecule has 1 N–H and O–H groups in total. The molecule has 0 spiro atoms. The smallest absolute Gasteiger partial charge is 0.251 e. The molecule has 0 saturated heterocycles. The Bertz CT molecular complexity index is 555. The van der Waals surface area contributed by atoms with Gasteiger partial charge in [0.25, 0.3) is 5.91 Å². The molecule has 0 aliphatic carbocycles. The fourth-order valence-electron chi connectivity index (χ4n) is 1.72. The lowest BCUT2D eigenvalue weighted by Crippen LogP contribution is -2.12. The first-order valence-corrected chi connectivity index (χ1v) is 6.69. The van der Waals surface area contributed by atoms with Crippen molar-refractivity contribution in [3.05, 3.63) is 34.9 Å². The minimum Gasteiger partial charge on any atom is -0.348 e. The highest BCUT2D eigenvalue weighted by Gasteiger charge is 2.17. The number of benzene rings is 1. The number of amides is 1. The number of hydrogen-bond acceptors (Lipinski definition) is 3. The number of thioether (sulfide) groups is 1. The summed E-state index contributed by atoms with van der Waals surface area (Å²) in [5.41, 5.74) is 2.66. The molecule has 1 amide bonds. The second-order valence-electron chi connectivity index (χ2n) is 3.95. The van der Waals surface area contributed by atoms with Gasteiger partial charge >= 0.3 is 0 Å². The molecule has 0 fully saturated rings. The van der Waals surface area contributed by atoms with Crippen LogP contribution in [0.1, 0.15) is 34.8 Å². The second kappa shape index (κ2) is 5.74. The van der Waals surface area contributed by atoms with Crippen molar-refractivity contribution in [2.75, 3.05) is 5.75 Å². The van der Waals surface area contributed by atoms with Crippen LogP contribution < -0.4 is 5.32 Å². The first kappa shape index (κ1) is 12.7. The zero-order chi connectivity index (χ0) is 13.0. The van der Waals surface area contributed by atoms with Gasteiger partial charge in [0, 0.05) is 36.8 Å². The fraction of sp³-hybridized carbons (Fsp3) is 0.286. The quantitative estimate of drug-likeness (QED) is 0.652. The summed E-state index contributed by atoms with van der Waals surface area (Å²) < 4.78 is 0. The van der Waals surface area contributed by atoms with Crippen LogP contribution in [0, 0.1) is 11.8 Å². The van der Waals surface area contributed by atoms with E-state index in [1.54, 1.807) is 6.92 Å². The van der Waals surface area contributed by atoms with E-state index in [2.05, 4.69) is 17.2 Å². The summed E-state index contributed by atoms with van der Waals surface area (Å²) >= 11 is 1.29. The standard InChI is InChI=1S/C14H13NO2S/c1-10(16)18-7-3-2-4-11-5-6-13-12(8-11)9-15-14(13)17/h5-6,8H,3,7,9H2,1H3,(H,15,17). The van der Waals surface area contributed by atoms with Crippen LogP contribution >= 0.6 is 11.8 Å².